The topological polar surface area (TPSA) is 161 Å². The van der Waals surface area contributed by atoms with Crippen LogP contribution in [0.3, 0.4) is 0 Å². The molecule has 5 N–H and O–H groups in total. The van der Waals surface area contributed by atoms with E-state index in [2.05, 4.69) is 15.0 Å². The molecular formula is C17H22N6O5. The number of aliphatic hydroxyl groups excluding tert-OH is 1. The molecular weight excluding hydrogens is 368 g/mol. The van der Waals surface area contributed by atoms with E-state index in [-0.39, 0.29) is 36.4 Å². The number of aromatic nitrogens is 5. The zero-order chi connectivity index (χ0) is 20.0. The number of aromatic amines is 1. The van der Waals surface area contributed by atoms with Crippen LogP contribution in [-0.2, 0) is 16.0 Å². The molecule has 0 saturated carbocycles. The Morgan fingerprint density at radius 3 is 2.96 bits per heavy atom. The molecule has 0 amide bonds. The Morgan fingerprint density at radius 1 is 1.50 bits per heavy atom. The fourth-order valence-electron chi connectivity index (χ4n) is 3.66. The highest BCUT2D eigenvalue weighted by Crippen LogP contribution is 2.29. The number of carboxylic acids is 1. The number of nitrogens with one attached hydrogen (secondary N) is 1. The van der Waals surface area contributed by atoms with Crippen LogP contribution in [0.1, 0.15) is 36.9 Å². The Morgan fingerprint density at radius 2 is 2.29 bits per heavy atom. The number of carboxylic acid groups (broad SMARTS) is 1. The number of H-pyrrole nitrogens is 1. The van der Waals surface area contributed by atoms with Gasteiger partial charge in [-0.3, -0.25) is 14.2 Å². The molecule has 1 aliphatic rings. The lowest BCUT2D eigenvalue weighted by Crippen LogP contribution is -2.31. The molecule has 4 heterocycles. The van der Waals surface area contributed by atoms with Crippen LogP contribution >= 0.6 is 0 Å². The van der Waals surface area contributed by atoms with Gasteiger partial charge in [0.25, 0.3) is 5.56 Å². The van der Waals surface area contributed by atoms with Crippen LogP contribution in [0.25, 0.3) is 16.9 Å². The fraction of sp³-hybridized carbons (Fsp3) is 0.529. The summed E-state index contributed by atoms with van der Waals surface area (Å²) < 4.78 is 8.91. The average Bonchev–Trinajstić information content (AvgIpc) is 3.36. The number of nitrogens with zero attached hydrogens (tertiary/aromatic N) is 4. The Kier molecular flexibility index (Phi) is 4.65. The Balaban J connectivity index is 1.76. The summed E-state index contributed by atoms with van der Waals surface area (Å²) in [5, 5.41) is 18.2. The number of fused-ring (bicyclic) bond motifs is 2. The van der Waals surface area contributed by atoms with Crippen LogP contribution in [0, 0.1) is 6.92 Å². The number of rotatable bonds is 6. The SMILES string of the molecule is Cc1[nH]c2nc3c(ncn3C3CCC(CO)O3)c(=O)n2c1CCC(N)C(=O)O. The summed E-state index contributed by atoms with van der Waals surface area (Å²) in [6.07, 6.45) is 2.88. The van der Waals surface area contributed by atoms with E-state index in [0.717, 1.165) is 12.1 Å². The van der Waals surface area contributed by atoms with E-state index in [1.165, 1.54) is 10.7 Å². The molecule has 0 aromatic carbocycles. The van der Waals surface area contributed by atoms with Gasteiger partial charge in [-0.2, -0.15) is 4.98 Å². The smallest absolute Gasteiger partial charge is 0.320 e. The van der Waals surface area contributed by atoms with E-state index >= 15 is 0 Å². The summed E-state index contributed by atoms with van der Waals surface area (Å²) in [5.41, 5.74) is 7.23. The van der Waals surface area contributed by atoms with E-state index < -0.39 is 12.0 Å². The third-order valence-electron chi connectivity index (χ3n) is 5.21. The molecule has 1 saturated heterocycles. The van der Waals surface area contributed by atoms with Gasteiger partial charge in [0.15, 0.2) is 11.2 Å². The third-order valence-corrected chi connectivity index (χ3v) is 5.21. The molecule has 1 fully saturated rings. The van der Waals surface area contributed by atoms with Gasteiger partial charge in [0.05, 0.1) is 19.0 Å². The number of hydrogen-bond acceptors (Lipinski definition) is 7. The van der Waals surface area contributed by atoms with Gasteiger partial charge in [-0.15, -0.1) is 0 Å². The highest BCUT2D eigenvalue weighted by Gasteiger charge is 2.28. The van der Waals surface area contributed by atoms with Crippen molar-refractivity contribution in [2.24, 2.45) is 5.73 Å². The standard InChI is InChI=1S/C17H22N6O5/c1-8-11(4-3-10(18)16(26)27)23-15(25)13-14(21-17(23)20-8)22(7-19-13)12-5-2-9(6-24)28-12/h7,9-10,12,24H,2-6,18H2,1H3,(H,20,21)(H,26,27). The zero-order valence-corrected chi connectivity index (χ0v) is 15.3. The first-order valence-corrected chi connectivity index (χ1v) is 9.12. The maximum atomic E-state index is 13.0. The predicted molar refractivity (Wildman–Crippen MR) is 98.0 cm³/mol. The van der Waals surface area contributed by atoms with Crippen LogP contribution in [0.4, 0.5) is 0 Å². The lowest BCUT2D eigenvalue weighted by Gasteiger charge is -2.13. The van der Waals surface area contributed by atoms with Gasteiger partial charge in [0.2, 0.25) is 5.78 Å². The summed E-state index contributed by atoms with van der Waals surface area (Å²) in [6.45, 7) is 1.74. The Labute approximate surface area is 158 Å². The summed E-state index contributed by atoms with van der Waals surface area (Å²) in [5.74, 6) is -0.728. The van der Waals surface area contributed by atoms with Crippen molar-refractivity contribution in [1.82, 2.24) is 23.9 Å². The average molecular weight is 390 g/mol. The molecule has 150 valence electrons. The van der Waals surface area contributed by atoms with Crippen molar-refractivity contribution in [3.63, 3.8) is 0 Å². The second-order valence-corrected chi connectivity index (χ2v) is 7.05. The minimum atomic E-state index is -1.08. The minimum Gasteiger partial charge on any atom is -0.480 e. The monoisotopic (exact) mass is 390 g/mol. The van der Waals surface area contributed by atoms with Crippen molar-refractivity contribution in [3.05, 3.63) is 28.1 Å². The van der Waals surface area contributed by atoms with Gasteiger partial charge < -0.3 is 25.7 Å². The maximum absolute atomic E-state index is 13.0. The lowest BCUT2D eigenvalue weighted by molar-refractivity contribution is -0.138. The first kappa shape index (κ1) is 18.6. The predicted octanol–water partition coefficient (Wildman–Crippen LogP) is -0.305. The van der Waals surface area contributed by atoms with Crippen LogP contribution in [-0.4, -0.2) is 58.9 Å². The van der Waals surface area contributed by atoms with Crippen LogP contribution < -0.4 is 11.3 Å². The number of aliphatic hydroxyl groups is 1. The Bertz CT molecular complexity index is 1100. The molecule has 0 bridgehead atoms. The van der Waals surface area contributed by atoms with Crippen molar-refractivity contribution in [3.8, 4) is 0 Å². The number of ether oxygens (including phenoxy) is 1. The van der Waals surface area contributed by atoms with Crippen molar-refractivity contribution in [2.75, 3.05) is 6.61 Å². The summed E-state index contributed by atoms with van der Waals surface area (Å²) in [6, 6.07) is -1.00. The molecule has 11 nitrogen and oxygen atoms in total. The first-order valence-electron chi connectivity index (χ1n) is 9.12. The van der Waals surface area contributed by atoms with Crippen molar-refractivity contribution < 1.29 is 19.7 Å². The van der Waals surface area contributed by atoms with E-state index in [0.29, 0.717) is 30.0 Å². The molecule has 0 aliphatic carbocycles. The second kappa shape index (κ2) is 7.00. The summed E-state index contributed by atoms with van der Waals surface area (Å²) >= 11 is 0. The van der Waals surface area contributed by atoms with Crippen molar-refractivity contribution in [1.29, 1.82) is 0 Å². The van der Waals surface area contributed by atoms with E-state index in [4.69, 9.17) is 15.6 Å². The minimum absolute atomic E-state index is 0.0544. The second-order valence-electron chi connectivity index (χ2n) is 7.05. The van der Waals surface area contributed by atoms with Crippen molar-refractivity contribution in [2.45, 2.75) is 51.0 Å². The molecule has 0 spiro atoms. The van der Waals surface area contributed by atoms with Gasteiger partial charge in [-0.1, -0.05) is 0 Å². The summed E-state index contributed by atoms with van der Waals surface area (Å²) in [7, 11) is 0. The highest BCUT2D eigenvalue weighted by molar-refractivity contribution is 5.73. The van der Waals surface area contributed by atoms with E-state index in [9.17, 15) is 14.7 Å². The normalized spacial score (nSPS) is 21.0. The fourth-order valence-corrected chi connectivity index (χ4v) is 3.66. The van der Waals surface area contributed by atoms with Crippen LogP contribution in [0.2, 0.25) is 0 Å². The van der Waals surface area contributed by atoms with E-state index in [1.54, 1.807) is 11.5 Å². The number of nitrogens with two attached hydrogens (primary N) is 1. The van der Waals surface area contributed by atoms with Crippen molar-refractivity contribution >= 4 is 22.9 Å². The molecule has 28 heavy (non-hydrogen) atoms. The van der Waals surface area contributed by atoms with Crippen LogP contribution in [0.5, 0.6) is 0 Å². The van der Waals surface area contributed by atoms with E-state index in [1.807, 2.05) is 0 Å². The molecule has 0 radical (unpaired) electrons. The highest BCUT2D eigenvalue weighted by atomic mass is 16.5. The Hall–Kier alpha value is -2.76. The molecule has 3 atom stereocenters. The molecule has 1 aliphatic heterocycles. The number of aryl methyl sites for hydroxylation is 2. The number of hydrogen-bond donors (Lipinski definition) is 4. The van der Waals surface area contributed by atoms with Gasteiger partial charge in [0, 0.05) is 11.4 Å². The van der Waals surface area contributed by atoms with Gasteiger partial charge >= 0.3 is 5.97 Å². The van der Waals surface area contributed by atoms with Gasteiger partial charge in [-0.05, 0) is 32.6 Å². The number of carbonyl (C=O) groups is 1. The van der Waals surface area contributed by atoms with Crippen LogP contribution in [0.15, 0.2) is 11.1 Å². The number of aliphatic carboxylic acids is 1. The zero-order valence-electron chi connectivity index (χ0n) is 15.3. The largest absolute Gasteiger partial charge is 0.480 e. The lowest BCUT2D eigenvalue weighted by atomic mass is 10.1. The van der Waals surface area contributed by atoms with Gasteiger partial charge in [0.1, 0.15) is 12.3 Å². The third kappa shape index (κ3) is 2.97. The molecule has 4 rings (SSSR count). The molecule has 3 aromatic heterocycles. The first-order chi connectivity index (χ1) is 13.4. The quantitative estimate of drug-likeness (QED) is 0.446. The molecule has 11 heteroatoms. The maximum Gasteiger partial charge on any atom is 0.320 e. The summed E-state index contributed by atoms with van der Waals surface area (Å²) in [4.78, 5) is 35.9. The number of imidazole rings is 2. The molecule has 3 aromatic rings. The van der Waals surface area contributed by atoms with Gasteiger partial charge in [-0.25, -0.2) is 9.38 Å². The molecule has 3 unspecified atom stereocenters.